The Morgan fingerprint density at radius 3 is 2.89 bits per heavy atom. The van der Waals surface area contributed by atoms with E-state index in [1.165, 1.54) is 0 Å². The number of ether oxygens (including phenoxy) is 2. The summed E-state index contributed by atoms with van der Waals surface area (Å²) in [6.07, 6.45) is 1.58. The first-order chi connectivity index (χ1) is 9.20. The van der Waals surface area contributed by atoms with Crippen LogP contribution in [0.2, 0.25) is 0 Å². The molecule has 2 rings (SSSR count). The molecule has 0 bridgehead atoms. The zero-order chi connectivity index (χ0) is 13.7. The predicted octanol–water partition coefficient (Wildman–Crippen LogP) is 1.95. The van der Waals surface area contributed by atoms with Crippen LogP contribution in [0.3, 0.4) is 0 Å². The Bertz CT molecular complexity index is 584. The lowest BCUT2D eigenvalue weighted by Gasteiger charge is -2.10. The monoisotopic (exact) mass is 257 g/mol. The number of hydrogen-bond donors (Lipinski definition) is 2. The number of amidine groups is 1. The standard InChI is InChI=1S/C14H15N3O2/c1-18-11-5-2-4-10(8-11)9-19-12-6-3-7-17-13(12)14(15)16/h2-8H,9H2,1H3,(H3,15,16). The highest BCUT2D eigenvalue weighted by Gasteiger charge is 2.07. The summed E-state index contributed by atoms with van der Waals surface area (Å²) in [7, 11) is 1.62. The first kappa shape index (κ1) is 12.9. The molecule has 98 valence electrons. The molecule has 0 radical (unpaired) electrons. The molecule has 5 nitrogen and oxygen atoms in total. The number of aromatic nitrogens is 1. The summed E-state index contributed by atoms with van der Waals surface area (Å²) >= 11 is 0. The van der Waals surface area contributed by atoms with Crippen LogP contribution in [0, 0.1) is 5.41 Å². The highest BCUT2D eigenvalue weighted by molar-refractivity contribution is 5.95. The molecule has 0 spiro atoms. The van der Waals surface area contributed by atoms with E-state index in [0.29, 0.717) is 18.1 Å². The predicted molar refractivity (Wildman–Crippen MR) is 72.6 cm³/mol. The lowest BCUT2D eigenvalue weighted by Crippen LogP contribution is -2.15. The van der Waals surface area contributed by atoms with Crippen LogP contribution >= 0.6 is 0 Å². The van der Waals surface area contributed by atoms with E-state index in [1.807, 2.05) is 24.3 Å². The maximum atomic E-state index is 7.44. The van der Waals surface area contributed by atoms with Crippen LogP contribution < -0.4 is 15.2 Å². The molecule has 5 heteroatoms. The summed E-state index contributed by atoms with van der Waals surface area (Å²) < 4.78 is 10.8. The molecule has 0 saturated heterocycles. The van der Waals surface area contributed by atoms with E-state index < -0.39 is 0 Å². The van der Waals surface area contributed by atoms with E-state index >= 15 is 0 Å². The molecule has 1 heterocycles. The number of nitrogens with two attached hydrogens (primary N) is 1. The fourth-order valence-electron chi connectivity index (χ4n) is 1.63. The van der Waals surface area contributed by atoms with Gasteiger partial charge in [-0.25, -0.2) is 4.98 Å². The Labute approximate surface area is 111 Å². The van der Waals surface area contributed by atoms with Crippen molar-refractivity contribution in [3.8, 4) is 11.5 Å². The van der Waals surface area contributed by atoms with Crippen molar-refractivity contribution in [2.24, 2.45) is 5.73 Å². The van der Waals surface area contributed by atoms with Crippen molar-refractivity contribution >= 4 is 5.84 Å². The minimum Gasteiger partial charge on any atom is -0.497 e. The van der Waals surface area contributed by atoms with E-state index in [0.717, 1.165) is 11.3 Å². The Morgan fingerprint density at radius 1 is 1.32 bits per heavy atom. The molecule has 0 aliphatic carbocycles. The number of nitrogen functional groups attached to an aromatic ring is 1. The molecule has 0 fully saturated rings. The Balaban J connectivity index is 2.12. The average molecular weight is 257 g/mol. The summed E-state index contributed by atoms with van der Waals surface area (Å²) in [6, 6.07) is 11.1. The molecule has 1 aromatic heterocycles. The van der Waals surface area contributed by atoms with Gasteiger partial charge in [-0.3, -0.25) is 5.41 Å². The van der Waals surface area contributed by atoms with Crippen LogP contribution in [-0.4, -0.2) is 17.9 Å². The van der Waals surface area contributed by atoms with Crippen molar-refractivity contribution in [1.82, 2.24) is 4.98 Å². The molecule has 0 aliphatic heterocycles. The van der Waals surface area contributed by atoms with Gasteiger partial charge in [0, 0.05) is 6.20 Å². The molecule has 2 aromatic rings. The fourth-order valence-corrected chi connectivity index (χ4v) is 1.63. The van der Waals surface area contributed by atoms with Gasteiger partial charge in [0.05, 0.1) is 7.11 Å². The number of rotatable bonds is 5. The fraction of sp³-hybridized carbons (Fsp3) is 0.143. The van der Waals surface area contributed by atoms with E-state index in [4.69, 9.17) is 20.6 Å². The quantitative estimate of drug-likeness (QED) is 0.633. The molecule has 0 unspecified atom stereocenters. The van der Waals surface area contributed by atoms with Gasteiger partial charge in [0.25, 0.3) is 0 Å². The maximum Gasteiger partial charge on any atom is 0.149 e. The molecule has 0 aliphatic rings. The van der Waals surface area contributed by atoms with Crippen LogP contribution in [0.5, 0.6) is 11.5 Å². The number of benzene rings is 1. The smallest absolute Gasteiger partial charge is 0.149 e. The lowest BCUT2D eigenvalue weighted by molar-refractivity contribution is 0.303. The van der Waals surface area contributed by atoms with Crippen LogP contribution in [-0.2, 0) is 6.61 Å². The van der Waals surface area contributed by atoms with Crippen LogP contribution in [0.15, 0.2) is 42.6 Å². The Kier molecular flexibility index (Phi) is 3.97. The van der Waals surface area contributed by atoms with E-state index in [9.17, 15) is 0 Å². The maximum absolute atomic E-state index is 7.44. The second-order valence-electron chi connectivity index (χ2n) is 3.90. The molecule has 3 N–H and O–H groups in total. The van der Waals surface area contributed by atoms with Gasteiger partial charge < -0.3 is 15.2 Å². The average Bonchev–Trinajstić information content (AvgIpc) is 2.45. The second-order valence-corrected chi connectivity index (χ2v) is 3.90. The highest BCUT2D eigenvalue weighted by atomic mass is 16.5. The first-order valence-corrected chi connectivity index (χ1v) is 5.76. The molecular weight excluding hydrogens is 242 g/mol. The van der Waals surface area contributed by atoms with E-state index in [-0.39, 0.29) is 5.84 Å². The van der Waals surface area contributed by atoms with Crippen molar-refractivity contribution in [3.05, 3.63) is 53.9 Å². The van der Waals surface area contributed by atoms with Crippen LogP contribution in [0.4, 0.5) is 0 Å². The Hall–Kier alpha value is -2.56. The Morgan fingerprint density at radius 2 is 2.16 bits per heavy atom. The minimum absolute atomic E-state index is 0.110. The number of pyridine rings is 1. The zero-order valence-corrected chi connectivity index (χ0v) is 10.6. The third-order valence-corrected chi connectivity index (χ3v) is 2.55. The van der Waals surface area contributed by atoms with Crippen molar-refractivity contribution in [2.45, 2.75) is 6.61 Å². The molecule has 0 amide bonds. The van der Waals surface area contributed by atoms with Crippen LogP contribution in [0.1, 0.15) is 11.3 Å². The van der Waals surface area contributed by atoms with Gasteiger partial charge in [0.2, 0.25) is 0 Å². The molecule has 1 aromatic carbocycles. The third kappa shape index (κ3) is 3.22. The summed E-state index contributed by atoms with van der Waals surface area (Å²) in [5.74, 6) is 1.16. The number of hydrogen-bond acceptors (Lipinski definition) is 4. The topological polar surface area (TPSA) is 81.2 Å². The molecular formula is C14H15N3O2. The summed E-state index contributed by atoms with van der Waals surface area (Å²) in [4.78, 5) is 4.02. The lowest BCUT2D eigenvalue weighted by atomic mass is 10.2. The van der Waals surface area contributed by atoms with Crippen molar-refractivity contribution in [2.75, 3.05) is 7.11 Å². The van der Waals surface area contributed by atoms with Gasteiger partial charge in [-0.2, -0.15) is 0 Å². The second kappa shape index (κ2) is 5.86. The van der Waals surface area contributed by atoms with Crippen molar-refractivity contribution in [1.29, 1.82) is 5.41 Å². The SMILES string of the molecule is COc1cccc(COc2cccnc2C(=N)N)c1. The number of methoxy groups -OCH3 is 1. The van der Waals surface area contributed by atoms with E-state index in [1.54, 1.807) is 25.4 Å². The van der Waals surface area contributed by atoms with Gasteiger partial charge in [0.15, 0.2) is 0 Å². The molecule has 0 atom stereocenters. The summed E-state index contributed by atoms with van der Waals surface area (Å²) in [5, 5.41) is 7.44. The minimum atomic E-state index is -0.110. The molecule has 19 heavy (non-hydrogen) atoms. The van der Waals surface area contributed by atoms with Gasteiger partial charge in [-0.15, -0.1) is 0 Å². The number of nitrogens with zero attached hydrogens (tertiary/aromatic N) is 1. The third-order valence-electron chi connectivity index (χ3n) is 2.55. The van der Waals surface area contributed by atoms with Gasteiger partial charge in [-0.05, 0) is 29.8 Å². The first-order valence-electron chi connectivity index (χ1n) is 5.76. The largest absolute Gasteiger partial charge is 0.497 e. The zero-order valence-electron chi connectivity index (χ0n) is 10.6. The van der Waals surface area contributed by atoms with Gasteiger partial charge in [0.1, 0.15) is 29.6 Å². The molecule has 0 saturated carbocycles. The summed E-state index contributed by atoms with van der Waals surface area (Å²) in [6.45, 7) is 0.364. The highest BCUT2D eigenvalue weighted by Crippen LogP contribution is 2.18. The van der Waals surface area contributed by atoms with Crippen molar-refractivity contribution in [3.63, 3.8) is 0 Å². The normalized spacial score (nSPS) is 9.95. The van der Waals surface area contributed by atoms with Crippen molar-refractivity contribution < 1.29 is 9.47 Å². The van der Waals surface area contributed by atoms with Crippen LogP contribution in [0.25, 0.3) is 0 Å². The van der Waals surface area contributed by atoms with Gasteiger partial charge in [-0.1, -0.05) is 12.1 Å². The summed E-state index contributed by atoms with van der Waals surface area (Å²) in [5.41, 5.74) is 6.77. The van der Waals surface area contributed by atoms with E-state index in [2.05, 4.69) is 4.98 Å². The van der Waals surface area contributed by atoms with Gasteiger partial charge >= 0.3 is 0 Å². The number of nitrogens with one attached hydrogen (secondary N) is 1.